The highest BCUT2D eigenvalue weighted by Gasteiger charge is 2.48. The van der Waals surface area contributed by atoms with Gasteiger partial charge in [-0.1, -0.05) is 11.6 Å². The largest absolute Gasteiger partial charge is 0.394 e. The third kappa shape index (κ3) is 3.57. The Morgan fingerprint density at radius 1 is 0.900 bits per heavy atom. The van der Waals surface area contributed by atoms with Crippen LogP contribution in [0.4, 0.5) is 0 Å². The Hall–Kier alpha value is -0.0700. The van der Waals surface area contributed by atoms with Gasteiger partial charge in [0.1, 0.15) is 48.8 Å². The second-order valence-corrected chi connectivity index (χ2v) is 5.08. The van der Waals surface area contributed by atoms with Crippen LogP contribution in [0.25, 0.3) is 0 Å². The van der Waals surface area contributed by atoms with Crippen LogP contribution in [0, 0.1) is 0 Å². The summed E-state index contributed by atoms with van der Waals surface area (Å²) in [6.45, 7) is -0.863. The Balaban J connectivity index is 2.77. The topological polar surface area (TPSA) is 171 Å². The van der Waals surface area contributed by atoms with E-state index in [2.05, 4.69) is 0 Å². The molecular formula is C10H19ClO9. The van der Waals surface area contributed by atoms with Gasteiger partial charge in [0.25, 0.3) is 0 Å². The van der Waals surface area contributed by atoms with E-state index < -0.39 is 61.0 Å². The molecule has 0 aromatic heterocycles. The summed E-state index contributed by atoms with van der Waals surface area (Å²) in [4.78, 5) is 0. The summed E-state index contributed by atoms with van der Waals surface area (Å²) in [5.74, 6) is 0. The number of alkyl halides is 1. The molecule has 0 bridgehead atoms. The lowest BCUT2D eigenvalue weighted by Gasteiger charge is -2.41. The summed E-state index contributed by atoms with van der Waals surface area (Å²) in [6.07, 6.45) is -14.2. The van der Waals surface area contributed by atoms with E-state index in [0.717, 1.165) is 0 Å². The van der Waals surface area contributed by atoms with Gasteiger partial charge in [-0.05, 0) is 0 Å². The predicted molar refractivity (Wildman–Crippen MR) is 63.6 cm³/mol. The smallest absolute Gasteiger partial charge is 0.160 e. The zero-order valence-corrected chi connectivity index (χ0v) is 11.0. The van der Waals surface area contributed by atoms with Gasteiger partial charge in [-0.25, -0.2) is 0 Å². The molecule has 1 unspecified atom stereocenters. The molecule has 1 heterocycles. The first-order chi connectivity index (χ1) is 9.22. The summed E-state index contributed by atoms with van der Waals surface area (Å²) in [5.41, 5.74) is -1.44. The van der Waals surface area contributed by atoms with E-state index in [0.29, 0.717) is 0 Å². The van der Waals surface area contributed by atoms with E-state index in [1.54, 1.807) is 0 Å². The van der Waals surface area contributed by atoms with Gasteiger partial charge in [0.2, 0.25) is 0 Å². The van der Waals surface area contributed by atoms with Crippen molar-refractivity contribution in [3.8, 4) is 0 Å². The maximum atomic E-state index is 9.81. The van der Waals surface area contributed by atoms with Crippen LogP contribution in [0.15, 0.2) is 0 Å². The summed E-state index contributed by atoms with van der Waals surface area (Å²) >= 11 is 5.55. The fourth-order valence-corrected chi connectivity index (χ4v) is 2.14. The second kappa shape index (κ2) is 7.27. The Morgan fingerprint density at radius 2 is 1.45 bits per heavy atom. The zero-order valence-electron chi connectivity index (χ0n) is 10.3. The SMILES string of the molecule is OC[C@@H](O)[C@H](O)[C@H](O)[C@H](O)[C@H]1OC(Cl)[C@@H](O)[C@@H](O)[C@@H]1O. The molecule has 1 rings (SSSR count). The standard InChI is InChI=1S/C10H19ClO9/c11-10-8(19)5(16)7(18)9(20-10)6(17)4(15)3(14)2(13)1-12/h2-10,12-19H,1H2/t2-,3+,4+,5+,6+,7+,8+,9-,10?/m1/s1. The number of hydrogen-bond donors (Lipinski definition) is 8. The maximum Gasteiger partial charge on any atom is 0.160 e. The quantitative estimate of drug-likeness (QED) is 0.232. The van der Waals surface area contributed by atoms with Gasteiger partial charge in [0.15, 0.2) is 5.56 Å². The van der Waals surface area contributed by atoms with Crippen molar-refractivity contribution in [1.82, 2.24) is 0 Å². The third-order valence-electron chi connectivity index (χ3n) is 3.21. The molecule has 0 amide bonds. The van der Waals surface area contributed by atoms with Gasteiger partial charge in [-0.3, -0.25) is 0 Å². The lowest BCUT2D eigenvalue weighted by Crippen LogP contribution is -2.62. The van der Waals surface area contributed by atoms with Gasteiger partial charge in [-0.2, -0.15) is 0 Å². The van der Waals surface area contributed by atoms with Gasteiger partial charge >= 0.3 is 0 Å². The second-order valence-electron chi connectivity index (χ2n) is 4.65. The Labute approximate surface area is 119 Å². The van der Waals surface area contributed by atoms with Gasteiger partial charge in [-0.15, -0.1) is 0 Å². The summed E-state index contributed by atoms with van der Waals surface area (Å²) in [7, 11) is 0. The first-order valence-corrected chi connectivity index (χ1v) is 6.32. The van der Waals surface area contributed by atoms with Gasteiger partial charge in [0.05, 0.1) is 6.61 Å². The Kier molecular flexibility index (Phi) is 6.54. The van der Waals surface area contributed by atoms with Crippen molar-refractivity contribution in [1.29, 1.82) is 0 Å². The van der Waals surface area contributed by atoms with Crippen molar-refractivity contribution in [2.24, 2.45) is 0 Å². The van der Waals surface area contributed by atoms with E-state index in [9.17, 15) is 30.6 Å². The van der Waals surface area contributed by atoms with E-state index in [1.165, 1.54) is 0 Å². The molecule has 0 aliphatic carbocycles. The van der Waals surface area contributed by atoms with Crippen LogP contribution in [0.1, 0.15) is 0 Å². The third-order valence-corrected chi connectivity index (χ3v) is 3.57. The molecule has 0 aromatic carbocycles. The normalized spacial score (nSPS) is 41.0. The van der Waals surface area contributed by atoms with Crippen LogP contribution in [-0.2, 0) is 4.74 Å². The lowest BCUT2D eigenvalue weighted by atomic mass is 9.91. The highest BCUT2D eigenvalue weighted by Crippen LogP contribution is 2.27. The molecule has 8 N–H and O–H groups in total. The van der Waals surface area contributed by atoms with Crippen LogP contribution in [0.3, 0.4) is 0 Å². The molecule has 10 heteroatoms. The molecule has 0 radical (unpaired) electrons. The minimum Gasteiger partial charge on any atom is -0.394 e. The molecule has 120 valence electrons. The number of aliphatic hydroxyl groups excluding tert-OH is 8. The highest BCUT2D eigenvalue weighted by atomic mass is 35.5. The molecule has 9 atom stereocenters. The Bertz CT molecular complexity index is 306. The molecule has 0 spiro atoms. The van der Waals surface area contributed by atoms with Crippen molar-refractivity contribution in [3.05, 3.63) is 0 Å². The van der Waals surface area contributed by atoms with Crippen molar-refractivity contribution in [2.45, 2.75) is 54.4 Å². The van der Waals surface area contributed by atoms with Gasteiger partial charge < -0.3 is 45.6 Å². The van der Waals surface area contributed by atoms with Crippen molar-refractivity contribution in [2.75, 3.05) is 6.61 Å². The van der Waals surface area contributed by atoms with E-state index in [1.807, 2.05) is 0 Å². The van der Waals surface area contributed by atoms with Crippen LogP contribution < -0.4 is 0 Å². The zero-order chi connectivity index (χ0) is 15.6. The van der Waals surface area contributed by atoms with Crippen molar-refractivity contribution >= 4 is 11.6 Å². The van der Waals surface area contributed by atoms with Crippen molar-refractivity contribution in [3.63, 3.8) is 0 Å². The van der Waals surface area contributed by atoms with E-state index in [4.69, 9.17) is 26.6 Å². The van der Waals surface area contributed by atoms with Crippen LogP contribution in [0.2, 0.25) is 0 Å². The number of aliphatic hydroxyl groups is 8. The molecule has 1 saturated heterocycles. The van der Waals surface area contributed by atoms with E-state index in [-0.39, 0.29) is 0 Å². The molecule has 0 aromatic rings. The van der Waals surface area contributed by atoms with Crippen LogP contribution in [-0.4, -0.2) is 102 Å². The number of rotatable bonds is 5. The number of ether oxygens (including phenoxy) is 1. The molecule has 1 aliphatic heterocycles. The maximum absolute atomic E-state index is 9.81. The fourth-order valence-electron chi connectivity index (χ4n) is 1.88. The summed E-state index contributed by atoms with van der Waals surface area (Å²) in [6, 6.07) is 0. The van der Waals surface area contributed by atoms with Crippen LogP contribution >= 0.6 is 11.6 Å². The first-order valence-electron chi connectivity index (χ1n) is 5.89. The predicted octanol–water partition coefficient (Wildman–Crippen LogP) is -4.53. The molecular weight excluding hydrogens is 300 g/mol. The highest BCUT2D eigenvalue weighted by molar-refractivity contribution is 6.20. The number of hydrogen-bond acceptors (Lipinski definition) is 9. The molecule has 9 nitrogen and oxygen atoms in total. The van der Waals surface area contributed by atoms with E-state index >= 15 is 0 Å². The average Bonchev–Trinajstić information content (AvgIpc) is 2.45. The van der Waals surface area contributed by atoms with Crippen molar-refractivity contribution < 1.29 is 45.6 Å². The number of halogens is 1. The average molecular weight is 319 g/mol. The van der Waals surface area contributed by atoms with Gasteiger partial charge in [0, 0.05) is 0 Å². The summed E-state index contributed by atoms with van der Waals surface area (Å²) < 4.78 is 4.87. The lowest BCUT2D eigenvalue weighted by molar-refractivity contribution is -0.242. The van der Waals surface area contributed by atoms with Crippen LogP contribution in [0.5, 0.6) is 0 Å². The minimum absolute atomic E-state index is 0.863. The molecule has 1 aliphatic rings. The minimum atomic E-state index is -1.98. The summed E-state index contributed by atoms with van der Waals surface area (Å²) in [5, 5.41) is 75.2. The fraction of sp³-hybridized carbons (Fsp3) is 1.00. The molecule has 1 fully saturated rings. The monoisotopic (exact) mass is 318 g/mol. The molecule has 0 saturated carbocycles. The Morgan fingerprint density at radius 3 is 1.95 bits per heavy atom. The first kappa shape index (κ1) is 18.0. The molecule has 20 heavy (non-hydrogen) atoms.